The molecule has 1 N–H and O–H groups in total. The summed E-state index contributed by atoms with van der Waals surface area (Å²) in [5, 5.41) is 1.05. The van der Waals surface area contributed by atoms with Gasteiger partial charge in [-0.3, -0.25) is 9.78 Å². The number of hydrogen-bond donors (Lipinski definition) is 1. The third kappa shape index (κ3) is 3.06. The van der Waals surface area contributed by atoms with E-state index in [9.17, 15) is 4.79 Å². The lowest BCUT2D eigenvalue weighted by molar-refractivity contribution is 0.108. The van der Waals surface area contributed by atoms with Crippen molar-refractivity contribution in [3.8, 4) is 0 Å². The zero-order chi connectivity index (χ0) is 14.7. The summed E-state index contributed by atoms with van der Waals surface area (Å²) in [6, 6.07) is 17.2. The van der Waals surface area contributed by atoms with Crippen LogP contribution in [0.15, 0.2) is 60.8 Å². The fourth-order valence-corrected chi connectivity index (χ4v) is 2.71. The summed E-state index contributed by atoms with van der Waals surface area (Å²) in [6.07, 6.45) is 1.83. The molecule has 0 aliphatic heterocycles. The number of carbonyl (C=O) groups is 1. The number of pyridine rings is 1. The molecule has 0 unspecified atom stereocenters. The molecule has 0 saturated heterocycles. The van der Waals surface area contributed by atoms with Gasteiger partial charge in [0.25, 0.3) is 0 Å². The van der Waals surface area contributed by atoms with Crippen LogP contribution < -0.4 is 4.72 Å². The largest absolute Gasteiger partial charge is 0.321 e. The zero-order valence-electron chi connectivity index (χ0n) is 11.5. The molecule has 3 nitrogen and oxygen atoms in total. The maximum atomic E-state index is 12.1. The molecule has 2 aromatic carbocycles. The third-order valence-electron chi connectivity index (χ3n) is 3.11. The SMILES string of the molecule is Cc1cnc2c(NSC(=O)c3ccccc3)cccc2c1. The first kappa shape index (κ1) is 13.6. The Morgan fingerprint density at radius 2 is 1.90 bits per heavy atom. The molecule has 21 heavy (non-hydrogen) atoms. The van der Waals surface area contributed by atoms with E-state index in [1.54, 1.807) is 0 Å². The highest BCUT2D eigenvalue weighted by Gasteiger charge is 2.08. The molecule has 3 rings (SSSR count). The van der Waals surface area contributed by atoms with Gasteiger partial charge in [-0.05, 0) is 24.6 Å². The van der Waals surface area contributed by atoms with Gasteiger partial charge in [0, 0.05) is 29.1 Å². The Bertz CT molecular complexity index is 787. The molecule has 0 spiro atoms. The number of nitrogens with zero attached hydrogens (tertiary/aromatic N) is 1. The molecule has 0 fully saturated rings. The summed E-state index contributed by atoms with van der Waals surface area (Å²) < 4.78 is 3.11. The highest BCUT2D eigenvalue weighted by atomic mass is 32.2. The number of aromatic nitrogens is 1. The van der Waals surface area contributed by atoms with Crippen LogP contribution in [0.2, 0.25) is 0 Å². The van der Waals surface area contributed by atoms with E-state index < -0.39 is 0 Å². The van der Waals surface area contributed by atoms with Crippen molar-refractivity contribution in [3.05, 3.63) is 71.9 Å². The first-order valence-corrected chi connectivity index (χ1v) is 7.43. The Morgan fingerprint density at radius 3 is 2.71 bits per heavy atom. The predicted octanol–water partition coefficient (Wildman–Crippen LogP) is 4.44. The predicted molar refractivity (Wildman–Crippen MR) is 88.5 cm³/mol. The fraction of sp³-hybridized carbons (Fsp3) is 0.0588. The summed E-state index contributed by atoms with van der Waals surface area (Å²) in [4.78, 5) is 16.5. The Morgan fingerprint density at radius 1 is 1.10 bits per heavy atom. The van der Waals surface area contributed by atoms with Crippen molar-refractivity contribution in [1.82, 2.24) is 4.98 Å². The molecule has 1 aromatic heterocycles. The lowest BCUT2D eigenvalue weighted by Gasteiger charge is -2.08. The van der Waals surface area contributed by atoms with Crippen LogP contribution in [0.25, 0.3) is 10.9 Å². The highest BCUT2D eigenvalue weighted by Crippen LogP contribution is 2.25. The molecule has 0 amide bonds. The molecule has 0 aliphatic rings. The second-order valence-corrected chi connectivity index (χ2v) is 5.53. The topological polar surface area (TPSA) is 42.0 Å². The molecule has 0 aliphatic carbocycles. The molecule has 0 atom stereocenters. The van der Waals surface area contributed by atoms with Gasteiger partial charge < -0.3 is 4.72 Å². The number of nitrogens with one attached hydrogen (secondary N) is 1. The number of rotatable bonds is 3. The van der Waals surface area contributed by atoms with Crippen molar-refractivity contribution in [2.75, 3.05) is 4.72 Å². The van der Waals surface area contributed by atoms with Crippen LogP contribution in [0.1, 0.15) is 15.9 Å². The first-order chi connectivity index (χ1) is 10.2. The van der Waals surface area contributed by atoms with Gasteiger partial charge >= 0.3 is 0 Å². The second-order valence-electron chi connectivity index (χ2n) is 4.75. The Balaban J connectivity index is 1.81. The van der Waals surface area contributed by atoms with Crippen molar-refractivity contribution < 1.29 is 4.79 Å². The van der Waals surface area contributed by atoms with E-state index >= 15 is 0 Å². The molecule has 0 bridgehead atoms. The number of hydrogen-bond acceptors (Lipinski definition) is 4. The average Bonchev–Trinajstić information content (AvgIpc) is 2.53. The Kier molecular flexibility index (Phi) is 3.88. The Hall–Kier alpha value is -2.33. The van der Waals surface area contributed by atoms with Crippen molar-refractivity contribution in [2.24, 2.45) is 0 Å². The normalized spacial score (nSPS) is 10.5. The summed E-state index contributed by atoms with van der Waals surface area (Å²) in [6.45, 7) is 2.01. The van der Waals surface area contributed by atoms with Crippen LogP contribution in [0.5, 0.6) is 0 Å². The highest BCUT2D eigenvalue weighted by molar-refractivity contribution is 8.15. The van der Waals surface area contributed by atoms with Gasteiger partial charge in [0.1, 0.15) is 0 Å². The molecular formula is C17H14N2OS. The van der Waals surface area contributed by atoms with E-state index in [-0.39, 0.29) is 5.12 Å². The maximum absolute atomic E-state index is 12.1. The van der Waals surface area contributed by atoms with Crippen molar-refractivity contribution in [2.45, 2.75) is 6.92 Å². The lowest BCUT2D eigenvalue weighted by atomic mass is 10.1. The fourth-order valence-electron chi connectivity index (χ4n) is 2.09. The van der Waals surface area contributed by atoms with Gasteiger partial charge in [-0.15, -0.1) is 0 Å². The van der Waals surface area contributed by atoms with E-state index in [2.05, 4.69) is 15.8 Å². The standard InChI is InChI=1S/C17H14N2OS/c1-12-10-14-8-5-9-15(16(14)18-11-12)19-21-17(20)13-6-3-2-4-7-13/h2-11,19H,1H3. The van der Waals surface area contributed by atoms with Crippen LogP contribution in [0.3, 0.4) is 0 Å². The quantitative estimate of drug-likeness (QED) is 0.725. The number of carbonyl (C=O) groups excluding carboxylic acids is 1. The minimum Gasteiger partial charge on any atom is -0.321 e. The van der Waals surface area contributed by atoms with E-state index in [1.165, 1.54) is 0 Å². The minimum atomic E-state index is -0.0142. The molecule has 3 aromatic rings. The van der Waals surface area contributed by atoms with Crippen molar-refractivity contribution in [1.29, 1.82) is 0 Å². The number of para-hydroxylation sites is 1. The molecule has 0 saturated carbocycles. The molecule has 1 heterocycles. The Labute approximate surface area is 127 Å². The van der Waals surface area contributed by atoms with Gasteiger partial charge in [-0.1, -0.05) is 42.5 Å². The van der Waals surface area contributed by atoms with E-state index in [1.807, 2.05) is 61.7 Å². The summed E-state index contributed by atoms with van der Waals surface area (Å²) in [5.41, 5.74) is 3.52. The van der Waals surface area contributed by atoms with E-state index in [0.717, 1.165) is 34.1 Å². The van der Waals surface area contributed by atoms with Crippen molar-refractivity contribution >= 4 is 33.7 Å². The molecule has 0 radical (unpaired) electrons. The van der Waals surface area contributed by atoms with Crippen LogP contribution in [0, 0.1) is 6.92 Å². The average molecular weight is 294 g/mol. The number of aryl methyl sites for hydroxylation is 1. The first-order valence-electron chi connectivity index (χ1n) is 6.61. The smallest absolute Gasteiger partial charge is 0.239 e. The monoisotopic (exact) mass is 294 g/mol. The van der Waals surface area contributed by atoms with Crippen LogP contribution >= 0.6 is 11.9 Å². The molecule has 4 heteroatoms. The number of anilines is 1. The maximum Gasteiger partial charge on any atom is 0.239 e. The van der Waals surface area contributed by atoms with E-state index in [4.69, 9.17) is 0 Å². The van der Waals surface area contributed by atoms with Gasteiger partial charge in [0.05, 0.1) is 11.2 Å². The van der Waals surface area contributed by atoms with Crippen molar-refractivity contribution in [3.63, 3.8) is 0 Å². The van der Waals surface area contributed by atoms with Gasteiger partial charge in [-0.25, -0.2) is 0 Å². The summed E-state index contributed by atoms with van der Waals surface area (Å²) in [7, 11) is 0. The lowest BCUT2D eigenvalue weighted by Crippen LogP contribution is -1.99. The summed E-state index contributed by atoms with van der Waals surface area (Å²) >= 11 is 1.07. The second kappa shape index (κ2) is 5.97. The van der Waals surface area contributed by atoms with Crippen LogP contribution in [-0.2, 0) is 0 Å². The van der Waals surface area contributed by atoms with Gasteiger partial charge in [0.15, 0.2) is 0 Å². The van der Waals surface area contributed by atoms with Crippen LogP contribution in [-0.4, -0.2) is 10.1 Å². The van der Waals surface area contributed by atoms with Crippen LogP contribution in [0.4, 0.5) is 5.69 Å². The zero-order valence-corrected chi connectivity index (χ0v) is 12.4. The molecular weight excluding hydrogens is 280 g/mol. The molecule has 104 valence electrons. The summed E-state index contributed by atoms with van der Waals surface area (Å²) in [5.74, 6) is 0. The minimum absolute atomic E-state index is 0.0142. The van der Waals surface area contributed by atoms with Gasteiger partial charge in [-0.2, -0.15) is 0 Å². The number of fused-ring (bicyclic) bond motifs is 1. The van der Waals surface area contributed by atoms with E-state index in [0.29, 0.717) is 5.56 Å². The third-order valence-corrected chi connectivity index (χ3v) is 3.85. The van der Waals surface area contributed by atoms with Gasteiger partial charge in [0.2, 0.25) is 5.12 Å². The number of benzene rings is 2.